The van der Waals surface area contributed by atoms with Crippen molar-refractivity contribution in [3.05, 3.63) is 92.6 Å². The fourth-order valence-corrected chi connectivity index (χ4v) is 4.15. The molecule has 0 unspecified atom stereocenters. The van der Waals surface area contributed by atoms with Crippen LogP contribution in [0.2, 0.25) is 0 Å². The van der Waals surface area contributed by atoms with Crippen molar-refractivity contribution in [2.75, 3.05) is 5.75 Å². The van der Waals surface area contributed by atoms with Crippen LogP contribution in [0.3, 0.4) is 0 Å². The van der Waals surface area contributed by atoms with E-state index < -0.39 is 17.2 Å². The molecule has 0 atom stereocenters. The standard InChI is InChI=1S/C22H21N5O3S/c1-25-19-18(20(29)27(22(25)30)13-16-10-6-3-7-11-16)26(12-15-8-4-2-5-9-15)21(24-19)31-14-17(23)28/h2-11H,12-14H2,1H3,(H2,23,28). The lowest BCUT2D eigenvalue weighted by molar-refractivity contribution is -0.115. The summed E-state index contributed by atoms with van der Waals surface area (Å²) in [7, 11) is 1.59. The van der Waals surface area contributed by atoms with Crippen molar-refractivity contribution in [2.45, 2.75) is 18.2 Å². The second-order valence-electron chi connectivity index (χ2n) is 7.11. The average Bonchev–Trinajstić information content (AvgIpc) is 3.13. The third-order valence-corrected chi connectivity index (χ3v) is 5.91. The minimum atomic E-state index is -0.487. The van der Waals surface area contributed by atoms with Gasteiger partial charge in [0.05, 0.1) is 18.8 Å². The Morgan fingerprint density at radius 3 is 2.03 bits per heavy atom. The van der Waals surface area contributed by atoms with Gasteiger partial charge in [0, 0.05) is 7.05 Å². The predicted molar refractivity (Wildman–Crippen MR) is 120 cm³/mol. The van der Waals surface area contributed by atoms with Gasteiger partial charge in [-0.2, -0.15) is 0 Å². The Labute approximate surface area is 181 Å². The molecule has 8 nitrogen and oxygen atoms in total. The fraction of sp³-hybridized carbons (Fsp3) is 0.182. The molecule has 0 spiro atoms. The lowest BCUT2D eigenvalue weighted by atomic mass is 10.2. The third-order valence-electron chi connectivity index (χ3n) is 4.91. The summed E-state index contributed by atoms with van der Waals surface area (Å²) >= 11 is 1.15. The number of nitrogens with zero attached hydrogens (tertiary/aromatic N) is 4. The highest BCUT2D eigenvalue weighted by Gasteiger charge is 2.21. The van der Waals surface area contributed by atoms with Crippen molar-refractivity contribution in [2.24, 2.45) is 12.8 Å². The predicted octanol–water partition coefficient (Wildman–Crippen LogP) is 1.57. The highest BCUT2D eigenvalue weighted by molar-refractivity contribution is 7.99. The number of fused-ring (bicyclic) bond motifs is 1. The minimum Gasteiger partial charge on any atom is -0.369 e. The second kappa shape index (κ2) is 8.65. The van der Waals surface area contributed by atoms with Gasteiger partial charge in [0.15, 0.2) is 16.3 Å². The maximum absolute atomic E-state index is 13.5. The summed E-state index contributed by atoms with van der Waals surface area (Å²) < 4.78 is 4.33. The molecule has 0 bridgehead atoms. The van der Waals surface area contributed by atoms with Gasteiger partial charge < -0.3 is 10.3 Å². The van der Waals surface area contributed by atoms with E-state index in [2.05, 4.69) is 4.98 Å². The van der Waals surface area contributed by atoms with Crippen LogP contribution >= 0.6 is 11.8 Å². The van der Waals surface area contributed by atoms with Gasteiger partial charge in [-0.3, -0.25) is 18.7 Å². The SMILES string of the molecule is Cn1c(=O)n(Cc2ccccc2)c(=O)c2c1nc(SCC(N)=O)n2Cc1ccccc1. The number of primary amides is 1. The Morgan fingerprint density at radius 1 is 0.935 bits per heavy atom. The molecule has 2 aromatic heterocycles. The molecule has 4 aromatic rings. The third kappa shape index (κ3) is 4.17. The molecule has 0 aliphatic heterocycles. The lowest BCUT2D eigenvalue weighted by Gasteiger charge is -2.11. The molecule has 1 amide bonds. The van der Waals surface area contributed by atoms with Gasteiger partial charge in [-0.15, -0.1) is 0 Å². The van der Waals surface area contributed by atoms with Gasteiger partial charge in [0.2, 0.25) is 5.91 Å². The number of hydrogen-bond acceptors (Lipinski definition) is 5. The quantitative estimate of drug-likeness (QED) is 0.444. The van der Waals surface area contributed by atoms with Crippen LogP contribution in [0.5, 0.6) is 0 Å². The zero-order valence-corrected chi connectivity index (χ0v) is 17.7. The Hall–Kier alpha value is -3.59. The molecule has 2 heterocycles. The summed E-state index contributed by atoms with van der Waals surface area (Å²) in [6, 6.07) is 19.0. The Kier molecular flexibility index (Phi) is 5.77. The van der Waals surface area contributed by atoms with Crippen LogP contribution in [0.15, 0.2) is 75.4 Å². The first-order valence-corrected chi connectivity index (χ1v) is 10.6. The Balaban J connectivity index is 1.92. The summed E-state index contributed by atoms with van der Waals surface area (Å²) in [5, 5.41) is 0.460. The lowest BCUT2D eigenvalue weighted by Crippen LogP contribution is -2.40. The topological polar surface area (TPSA) is 105 Å². The van der Waals surface area contributed by atoms with Gasteiger partial charge in [0.1, 0.15) is 0 Å². The van der Waals surface area contributed by atoms with Crippen LogP contribution in [0, 0.1) is 0 Å². The van der Waals surface area contributed by atoms with E-state index in [1.807, 2.05) is 60.7 Å². The molecule has 9 heteroatoms. The number of thioether (sulfide) groups is 1. The van der Waals surface area contributed by atoms with Crippen LogP contribution in [0.4, 0.5) is 0 Å². The van der Waals surface area contributed by atoms with E-state index in [4.69, 9.17) is 5.73 Å². The second-order valence-corrected chi connectivity index (χ2v) is 8.05. The highest BCUT2D eigenvalue weighted by Crippen LogP contribution is 2.23. The van der Waals surface area contributed by atoms with E-state index in [1.54, 1.807) is 11.6 Å². The molecule has 2 N–H and O–H groups in total. The molecular weight excluding hydrogens is 414 g/mol. The van der Waals surface area contributed by atoms with Crippen molar-refractivity contribution in [1.82, 2.24) is 18.7 Å². The van der Waals surface area contributed by atoms with Crippen LogP contribution < -0.4 is 17.0 Å². The molecule has 0 saturated carbocycles. The molecule has 0 radical (unpaired) electrons. The molecule has 158 valence electrons. The molecular formula is C22H21N5O3S. The summed E-state index contributed by atoms with van der Waals surface area (Å²) in [4.78, 5) is 42.3. The maximum atomic E-state index is 13.5. The number of hydrogen-bond donors (Lipinski definition) is 1. The minimum absolute atomic E-state index is 0.0181. The summed E-state index contributed by atoms with van der Waals surface area (Å²) in [6.45, 7) is 0.528. The number of nitrogens with two attached hydrogens (primary N) is 1. The molecule has 0 aliphatic carbocycles. The van der Waals surface area contributed by atoms with Crippen molar-refractivity contribution in [1.29, 1.82) is 0 Å². The number of benzene rings is 2. The van der Waals surface area contributed by atoms with Crippen LogP contribution in [-0.2, 0) is 24.9 Å². The van der Waals surface area contributed by atoms with E-state index in [0.29, 0.717) is 17.2 Å². The van der Waals surface area contributed by atoms with Gasteiger partial charge in [-0.05, 0) is 11.1 Å². The molecule has 2 aromatic carbocycles. The van der Waals surface area contributed by atoms with Gasteiger partial charge in [0.25, 0.3) is 5.56 Å². The first-order chi connectivity index (χ1) is 15.0. The zero-order valence-electron chi connectivity index (χ0n) is 16.9. The molecule has 0 aliphatic rings. The van der Waals surface area contributed by atoms with Crippen molar-refractivity contribution in [3.8, 4) is 0 Å². The first-order valence-electron chi connectivity index (χ1n) is 9.64. The molecule has 0 saturated heterocycles. The van der Waals surface area contributed by atoms with E-state index in [1.165, 1.54) is 9.13 Å². The number of aromatic nitrogens is 4. The molecule has 4 rings (SSSR count). The molecule has 31 heavy (non-hydrogen) atoms. The number of carbonyl (C=O) groups is 1. The van der Waals surface area contributed by atoms with Gasteiger partial charge in [-0.25, -0.2) is 9.78 Å². The van der Waals surface area contributed by atoms with Crippen molar-refractivity contribution < 1.29 is 4.79 Å². The number of rotatable bonds is 7. The highest BCUT2D eigenvalue weighted by atomic mass is 32.2. The van der Waals surface area contributed by atoms with Crippen LogP contribution in [0.25, 0.3) is 11.2 Å². The summed E-state index contributed by atoms with van der Waals surface area (Å²) in [6.07, 6.45) is 0. The van der Waals surface area contributed by atoms with Crippen molar-refractivity contribution >= 4 is 28.8 Å². The summed E-state index contributed by atoms with van der Waals surface area (Å²) in [5.74, 6) is -0.469. The largest absolute Gasteiger partial charge is 0.369 e. The Bertz CT molecular complexity index is 1360. The van der Waals surface area contributed by atoms with E-state index in [9.17, 15) is 14.4 Å². The summed E-state index contributed by atoms with van der Waals surface area (Å²) in [5.41, 5.74) is 6.85. The van der Waals surface area contributed by atoms with Crippen LogP contribution in [-0.4, -0.2) is 30.3 Å². The maximum Gasteiger partial charge on any atom is 0.332 e. The average molecular weight is 436 g/mol. The normalized spacial score (nSPS) is 11.1. The smallest absolute Gasteiger partial charge is 0.332 e. The van der Waals surface area contributed by atoms with E-state index in [0.717, 1.165) is 22.9 Å². The number of aryl methyl sites for hydroxylation is 1. The monoisotopic (exact) mass is 435 g/mol. The van der Waals surface area contributed by atoms with Gasteiger partial charge in [-0.1, -0.05) is 72.4 Å². The fourth-order valence-electron chi connectivity index (χ4n) is 3.42. The van der Waals surface area contributed by atoms with E-state index in [-0.39, 0.29) is 17.9 Å². The number of imidazole rings is 1. The van der Waals surface area contributed by atoms with Gasteiger partial charge >= 0.3 is 5.69 Å². The van der Waals surface area contributed by atoms with E-state index >= 15 is 0 Å². The number of carbonyl (C=O) groups excluding carboxylic acids is 1. The number of amides is 1. The Morgan fingerprint density at radius 2 is 1.48 bits per heavy atom. The van der Waals surface area contributed by atoms with Crippen LogP contribution in [0.1, 0.15) is 11.1 Å². The first kappa shape index (κ1) is 20.7. The zero-order chi connectivity index (χ0) is 22.0. The van der Waals surface area contributed by atoms with Crippen molar-refractivity contribution in [3.63, 3.8) is 0 Å². The molecule has 0 fully saturated rings.